The average Bonchev–Trinajstić information content (AvgIpc) is 3.62. The SMILES string of the molecule is C[C@@H]1C(=O)[C@]2(C#N)O[C@@H]2[C@]2(C)C3=CC(=O)C4[C@H]5CC(C)(C)CC[C@]5(NC(=O)C(C)(F)F)CC[C@@]4(C)[C@]3(C)CC[C@@H]12. The van der Waals surface area contributed by atoms with Crippen molar-refractivity contribution in [2.45, 2.75) is 117 Å². The van der Waals surface area contributed by atoms with E-state index in [0.29, 0.717) is 32.6 Å². The number of allylic oxidation sites excluding steroid dienone is 1. The number of epoxide rings is 1. The van der Waals surface area contributed by atoms with Crippen LogP contribution in [-0.2, 0) is 19.1 Å². The van der Waals surface area contributed by atoms with E-state index in [1.165, 1.54) is 0 Å². The normalized spacial score (nSPS) is 50.6. The Hall–Kier alpha value is -2.14. The van der Waals surface area contributed by atoms with E-state index in [2.05, 4.69) is 46.0 Å². The molecule has 6 aliphatic rings. The second-order valence-electron chi connectivity index (χ2n) is 15.6. The van der Waals surface area contributed by atoms with Crippen LogP contribution >= 0.6 is 0 Å². The van der Waals surface area contributed by atoms with Gasteiger partial charge in [-0.3, -0.25) is 14.4 Å². The largest absolute Gasteiger partial charge is 0.345 e. The predicted octanol–water partition coefficient (Wildman–Crippen LogP) is 5.55. The number of carbonyl (C=O) groups is 3. The Kier molecular flexibility index (Phi) is 5.47. The van der Waals surface area contributed by atoms with Gasteiger partial charge in [-0.05, 0) is 79.1 Å². The van der Waals surface area contributed by atoms with Crippen molar-refractivity contribution in [3.8, 4) is 6.07 Å². The maximum atomic E-state index is 14.4. The van der Waals surface area contributed by atoms with E-state index in [0.717, 1.165) is 24.8 Å². The fourth-order valence-corrected chi connectivity index (χ4v) is 10.6. The van der Waals surface area contributed by atoms with Crippen LogP contribution in [0.4, 0.5) is 8.78 Å². The zero-order valence-electron chi connectivity index (χ0n) is 24.7. The summed E-state index contributed by atoms with van der Waals surface area (Å²) in [6.45, 7) is 13.4. The van der Waals surface area contributed by atoms with Crippen LogP contribution in [-0.4, -0.2) is 40.6 Å². The first-order valence-electron chi connectivity index (χ1n) is 14.9. The van der Waals surface area contributed by atoms with Crippen LogP contribution in [0.3, 0.4) is 0 Å². The lowest BCUT2D eigenvalue weighted by molar-refractivity contribution is -0.169. The van der Waals surface area contributed by atoms with Crippen molar-refractivity contribution < 1.29 is 27.9 Å². The maximum absolute atomic E-state index is 14.4. The number of Topliss-reactive ketones (excluding diaryl/α,β-unsaturated/α-hetero) is 1. The lowest BCUT2D eigenvalue weighted by Gasteiger charge is -2.69. The third kappa shape index (κ3) is 3.19. The molecule has 6 rings (SSSR count). The number of hydrogen-bond acceptors (Lipinski definition) is 5. The molecule has 218 valence electrons. The summed E-state index contributed by atoms with van der Waals surface area (Å²) in [6, 6.07) is 2.17. The van der Waals surface area contributed by atoms with Gasteiger partial charge in [-0.15, -0.1) is 0 Å². The molecule has 10 atom stereocenters. The Morgan fingerprint density at radius 1 is 1.07 bits per heavy atom. The highest BCUT2D eigenvalue weighted by atomic mass is 19.3. The van der Waals surface area contributed by atoms with Crippen molar-refractivity contribution in [1.29, 1.82) is 5.26 Å². The van der Waals surface area contributed by atoms with E-state index in [1.807, 2.05) is 6.92 Å². The molecule has 4 saturated carbocycles. The number of ketones is 2. The van der Waals surface area contributed by atoms with E-state index < -0.39 is 51.2 Å². The number of amides is 1. The molecule has 0 radical (unpaired) electrons. The molecule has 5 aliphatic carbocycles. The first-order valence-corrected chi connectivity index (χ1v) is 14.9. The molecule has 1 saturated heterocycles. The highest BCUT2D eigenvalue weighted by Crippen LogP contribution is 2.75. The van der Waals surface area contributed by atoms with Gasteiger partial charge < -0.3 is 10.1 Å². The van der Waals surface area contributed by atoms with E-state index in [-0.39, 0.29) is 34.7 Å². The van der Waals surface area contributed by atoms with Crippen molar-refractivity contribution in [3.05, 3.63) is 11.6 Å². The van der Waals surface area contributed by atoms with Gasteiger partial charge >= 0.3 is 5.92 Å². The van der Waals surface area contributed by atoms with Gasteiger partial charge in [0.15, 0.2) is 11.6 Å². The topological polar surface area (TPSA) is 99.6 Å². The molecule has 5 fully saturated rings. The van der Waals surface area contributed by atoms with Crippen molar-refractivity contribution in [3.63, 3.8) is 0 Å². The minimum absolute atomic E-state index is 0.0195. The number of alkyl halides is 2. The molecule has 0 aromatic rings. The molecular weight excluding hydrogens is 514 g/mol. The molecule has 0 aromatic heterocycles. The summed E-state index contributed by atoms with van der Waals surface area (Å²) < 4.78 is 34.3. The Balaban J connectivity index is 1.47. The number of ether oxygens (including phenoxy) is 1. The van der Waals surface area contributed by atoms with Gasteiger partial charge in [0.1, 0.15) is 12.2 Å². The number of nitrogens with one attached hydrogen (secondary N) is 1. The van der Waals surface area contributed by atoms with Crippen molar-refractivity contribution in [1.82, 2.24) is 5.32 Å². The molecular formula is C32H42F2N2O4. The molecule has 0 bridgehead atoms. The molecule has 1 N–H and O–H groups in total. The second-order valence-corrected chi connectivity index (χ2v) is 15.6. The van der Waals surface area contributed by atoms with Crippen molar-refractivity contribution >= 4 is 17.5 Å². The monoisotopic (exact) mass is 556 g/mol. The number of halogens is 2. The second kappa shape index (κ2) is 7.82. The van der Waals surface area contributed by atoms with E-state index in [9.17, 15) is 28.4 Å². The summed E-state index contributed by atoms with van der Waals surface area (Å²) in [5.41, 5.74) is -2.89. The number of nitriles is 1. The van der Waals surface area contributed by atoms with Crippen LogP contribution in [0, 0.1) is 56.7 Å². The van der Waals surface area contributed by atoms with E-state index >= 15 is 0 Å². The fraction of sp³-hybridized carbons (Fsp3) is 0.812. The Morgan fingerprint density at radius 3 is 2.35 bits per heavy atom. The molecule has 1 aliphatic heterocycles. The summed E-state index contributed by atoms with van der Waals surface area (Å²) in [7, 11) is 0. The van der Waals surface area contributed by atoms with Crippen LogP contribution in [0.2, 0.25) is 0 Å². The Morgan fingerprint density at radius 2 is 1.73 bits per heavy atom. The zero-order valence-corrected chi connectivity index (χ0v) is 24.7. The van der Waals surface area contributed by atoms with Crippen LogP contribution in [0.15, 0.2) is 11.6 Å². The van der Waals surface area contributed by atoms with E-state index in [4.69, 9.17) is 4.74 Å². The van der Waals surface area contributed by atoms with Crippen LogP contribution in [0.5, 0.6) is 0 Å². The number of fused-ring (bicyclic) bond motifs is 9. The molecule has 0 spiro atoms. The summed E-state index contributed by atoms with van der Waals surface area (Å²) in [5, 5.41) is 12.8. The number of hydrogen-bond donors (Lipinski definition) is 1. The van der Waals surface area contributed by atoms with Crippen LogP contribution < -0.4 is 5.32 Å². The molecule has 8 heteroatoms. The van der Waals surface area contributed by atoms with Crippen LogP contribution in [0.1, 0.15) is 93.4 Å². The summed E-state index contributed by atoms with van der Waals surface area (Å²) in [5.74, 6) is -5.99. The Bertz CT molecular complexity index is 1300. The Labute approximate surface area is 235 Å². The zero-order chi connectivity index (χ0) is 29.5. The third-order valence-electron chi connectivity index (χ3n) is 13.1. The van der Waals surface area contributed by atoms with Crippen molar-refractivity contribution in [2.24, 2.45) is 45.3 Å². The van der Waals surface area contributed by atoms with Gasteiger partial charge in [-0.1, -0.05) is 47.1 Å². The van der Waals surface area contributed by atoms with Gasteiger partial charge in [0.05, 0.1) is 0 Å². The van der Waals surface area contributed by atoms with Gasteiger partial charge in [-0.2, -0.15) is 14.0 Å². The lowest BCUT2D eigenvalue weighted by Crippen LogP contribution is -2.70. The average molecular weight is 557 g/mol. The van der Waals surface area contributed by atoms with E-state index in [1.54, 1.807) is 6.08 Å². The number of rotatable bonds is 2. The number of nitrogens with zero attached hydrogens (tertiary/aromatic N) is 1. The van der Waals surface area contributed by atoms with Gasteiger partial charge in [0.25, 0.3) is 5.91 Å². The standard InChI is InChI=1S/C32H42F2N2O4/c1-17-18-8-9-27(4)21(29(18,6)24-32(16-35,40-24)23(17)38)14-20(37)22-19-15-26(2,3)10-12-31(19,13-11-28(22,27)5)36-25(39)30(7,33)34/h14,17-19,22,24H,8-13,15H2,1-7H3,(H,36,39)/t17-,18-,19+,22?,24+,27+,28+,29-,31-,32-/m0/s1. The molecule has 1 heterocycles. The first kappa shape index (κ1) is 28.0. The maximum Gasteiger partial charge on any atom is 0.321 e. The molecule has 1 unspecified atom stereocenters. The smallest absolute Gasteiger partial charge is 0.321 e. The summed E-state index contributed by atoms with van der Waals surface area (Å²) in [4.78, 5) is 40.3. The van der Waals surface area contributed by atoms with Gasteiger partial charge in [0, 0.05) is 29.7 Å². The molecule has 1 amide bonds. The fourth-order valence-electron chi connectivity index (χ4n) is 10.6. The van der Waals surface area contributed by atoms with Crippen LogP contribution in [0.25, 0.3) is 0 Å². The molecule has 40 heavy (non-hydrogen) atoms. The molecule has 6 nitrogen and oxygen atoms in total. The first-order chi connectivity index (χ1) is 18.3. The molecule has 0 aromatic carbocycles. The van der Waals surface area contributed by atoms with Gasteiger partial charge in [0.2, 0.25) is 5.60 Å². The third-order valence-corrected chi connectivity index (χ3v) is 13.1. The summed E-state index contributed by atoms with van der Waals surface area (Å²) >= 11 is 0. The predicted molar refractivity (Wildman–Crippen MR) is 143 cm³/mol. The minimum Gasteiger partial charge on any atom is -0.345 e. The highest BCUT2D eigenvalue weighted by Gasteiger charge is 2.80. The lowest BCUT2D eigenvalue weighted by atomic mass is 9.35. The minimum atomic E-state index is -3.50. The highest BCUT2D eigenvalue weighted by molar-refractivity contribution is 5.99. The van der Waals surface area contributed by atoms with Gasteiger partial charge in [-0.25, -0.2) is 0 Å². The quantitative estimate of drug-likeness (QED) is 0.450. The van der Waals surface area contributed by atoms with Crippen molar-refractivity contribution in [2.75, 3.05) is 0 Å². The summed E-state index contributed by atoms with van der Waals surface area (Å²) in [6.07, 6.45) is 5.99. The number of carbonyl (C=O) groups excluding carboxylic acids is 3.